The second-order valence-electron chi connectivity index (χ2n) is 2.48. The van der Waals surface area contributed by atoms with Crippen molar-refractivity contribution >= 4 is 23.2 Å². The van der Waals surface area contributed by atoms with E-state index in [-0.39, 0.29) is 0 Å². The molecule has 0 amide bonds. The number of nitrogens with zero attached hydrogens (tertiary/aromatic N) is 4. The van der Waals surface area contributed by atoms with Crippen molar-refractivity contribution in [2.45, 2.75) is 0 Å². The van der Waals surface area contributed by atoms with Gasteiger partial charge < -0.3 is 5.32 Å². The lowest BCUT2D eigenvalue weighted by Gasteiger charge is -1.98. The van der Waals surface area contributed by atoms with Crippen LogP contribution in [0, 0.1) is 0 Å². The third-order valence-corrected chi connectivity index (χ3v) is 1.79. The zero-order valence-corrected chi connectivity index (χ0v) is 7.23. The molecule has 1 N–H and O–H groups in total. The summed E-state index contributed by atoms with van der Waals surface area (Å²) in [5, 5.41) is 2.95. The summed E-state index contributed by atoms with van der Waals surface area (Å²) < 4.78 is 1.75. The molecule has 0 aliphatic carbocycles. The maximum absolute atomic E-state index is 4.16. The fraction of sp³-hybridized carbons (Fsp3) is 0.125. The quantitative estimate of drug-likeness (QED) is 0.738. The van der Waals surface area contributed by atoms with E-state index in [0.717, 1.165) is 17.0 Å². The van der Waals surface area contributed by atoms with Crippen molar-refractivity contribution in [1.29, 1.82) is 0 Å². The van der Waals surface area contributed by atoms with Crippen LogP contribution in [0.25, 0.3) is 17.4 Å². The normalized spacial score (nSPS) is 10.2. The van der Waals surface area contributed by atoms with Crippen LogP contribution in [0.2, 0.25) is 0 Å². The minimum Gasteiger partial charge on any atom is -0.371 e. The Morgan fingerprint density at radius 3 is 3.00 bits per heavy atom. The van der Waals surface area contributed by atoms with Crippen LogP contribution in [0.5, 0.6) is 0 Å². The van der Waals surface area contributed by atoms with Gasteiger partial charge in [-0.15, -0.1) is 0 Å². The fourth-order valence-corrected chi connectivity index (χ4v) is 1.17. The van der Waals surface area contributed by atoms with Crippen LogP contribution in [0.3, 0.4) is 0 Å². The van der Waals surface area contributed by atoms with Crippen LogP contribution in [0.15, 0.2) is 19.2 Å². The van der Waals surface area contributed by atoms with Gasteiger partial charge in [0.05, 0.1) is 0 Å². The zero-order chi connectivity index (χ0) is 9.26. The number of nitrogens with one attached hydrogen (secondary N) is 1. The monoisotopic (exact) mass is 175 g/mol. The van der Waals surface area contributed by atoms with Gasteiger partial charge in [-0.25, -0.2) is 15.0 Å². The van der Waals surface area contributed by atoms with Crippen LogP contribution in [0.1, 0.15) is 0 Å². The molecule has 0 unspecified atom stereocenters. The van der Waals surface area contributed by atoms with Gasteiger partial charge in [0.2, 0.25) is 0 Å². The topological polar surface area (TPSA) is 55.6 Å². The minimum absolute atomic E-state index is 0.727. The highest BCUT2D eigenvalue weighted by Crippen LogP contribution is 2.16. The molecule has 0 saturated heterocycles. The minimum atomic E-state index is 0.727. The Hall–Kier alpha value is -1.91. The van der Waals surface area contributed by atoms with Crippen molar-refractivity contribution in [3.63, 3.8) is 0 Å². The molecule has 5 nitrogen and oxygen atoms in total. The Bertz CT molecular complexity index is 445. The number of hydrogen-bond donors (Lipinski definition) is 1. The van der Waals surface area contributed by atoms with Gasteiger partial charge >= 0.3 is 0 Å². The maximum atomic E-state index is 4.16. The Morgan fingerprint density at radius 2 is 2.31 bits per heavy atom. The molecule has 2 heterocycles. The van der Waals surface area contributed by atoms with Gasteiger partial charge in [-0.1, -0.05) is 6.58 Å². The Morgan fingerprint density at radius 1 is 1.46 bits per heavy atom. The first-order chi connectivity index (χ1) is 6.36. The first-order valence-electron chi connectivity index (χ1n) is 3.84. The SMILES string of the molecule is C=Cn1cnc2c(NC)ncnc21. The first-order valence-corrected chi connectivity index (χ1v) is 3.84. The lowest BCUT2D eigenvalue weighted by Crippen LogP contribution is -1.95. The van der Waals surface area contributed by atoms with Gasteiger partial charge in [-0.3, -0.25) is 4.57 Å². The number of imidazole rings is 1. The molecule has 2 rings (SSSR count). The molecular formula is C8H9N5. The Kier molecular flexibility index (Phi) is 1.70. The third kappa shape index (κ3) is 1.05. The number of anilines is 1. The number of hydrogen-bond acceptors (Lipinski definition) is 4. The van der Waals surface area contributed by atoms with Crippen molar-refractivity contribution in [2.75, 3.05) is 12.4 Å². The Labute approximate surface area is 75.1 Å². The summed E-state index contributed by atoms with van der Waals surface area (Å²) in [5.41, 5.74) is 1.51. The smallest absolute Gasteiger partial charge is 0.169 e. The second kappa shape index (κ2) is 2.85. The van der Waals surface area contributed by atoms with E-state index in [2.05, 4.69) is 26.8 Å². The van der Waals surface area contributed by atoms with E-state index in [0.29, 0.717) is 0 Å². The highest BCUT2D eigenvalue weighted by Gasteiger charge is 2.06. The molecule has 0 radical (unpaired) electrons. The molecule has 0 aliphatic heterocycles. The second-order valence-corrected chi connectivity index (χ2v) is 2.48. The molecule has 66 valence electrons. The van der Waals surface area contributed by atoms with Crippen LogP contribution in [0.4, 0.5) is 5.82 Å². The van der Waals surface area contributed by atoms with Crippen molar-refractivity contribution in [1.82, 2.24) is 19.5 Å². The van der Waals surface area contributed by atoms with Gasteiger partial charge in [0.1, 0.15) is 12.7 Å². The lowest BCUT2D eigenvalue weighted by atomic mass is 10.5. The van der Waals surface area contributed by atoms with Gasteiger partial charge in [0.25, 0.3) is 0 Å². The predicted octanol–water partition coefficient (Wildman–Crippen LogP) is 0.968. The van der Waals surface area contributed by atoms with Crippen molar-refractivity contribution < 1.29 is 0 Å². The van der Waals surface area contributed by atoms with Gasteiger partial charge in [0, 0.05) is 13.2 Å². The summed E-state index contributed by atoms with van der Waals surface area (Å²) in [6.07, 6.45) is 4.81. The first kappa shape index (κ1) is 7.72. The summed E-state index contributed by atoms with van der Waals surface area (Å²) in [5.74, 6) is 0.727. The third-order valence-electron chi connectivity index (χ3n) is 1.79. The molecule has 5 heteroatoms. The van der Waals surface area contributed by atoms with Crippen molar-refractivity contribution in [3.8, 4) is 0 Å². The van der Waals surface area contributed by atoms with E-state index >= 15 is 0 Å². The zero-order valence-electron chi connectivity index (χ0n) is 7.23. The number of rotatable bonds is 2. The molecule has 0 aromatic carbocycles. The molecule has 2 aromatic heterocycles. The van der Waals surface area contributed by atoms with Crippen molar-refractivity contribution in [2.24, 2.45) is 0 Å². The molecular weight excluding hydrogens is 166 g/mol. The van der Waals surface area contributed by atoms with E-state index in [4.69, 9.17) is 0 Å². The molecule has 0 spiro atoms. The summed E-state index contributed by atoms with van der Waals surface area (Å²) >= 11 is 0. The molecule has 0 fully saturated rings. The molecule has 13 heavy (non-hydrogen) atoms. The molecule has 0 saturated carbocycles. The largest absolute Gasteiger partial charge is 0.371 e. The number of fused-ring (bicyclic) bond motifs is 1. The Balaban J connectivity index is 2.79. The molecule has 2 aromatic rings. The fourth-order valence-electron chi connectivity index (χ4n) is 1.17. The summed E-state index contributed by atoms with van der Waals surface area (Å²) in [4.78, 5) is 12.3. The van der Waals surface area contributed by atoms with E-state index in [9.17, 15) is 0 Å². The van der Waals surface area contributed by atoms with Crippen LogP contribution >= 0.6 is 0 Å². The molecule has 0 bridgehead atoms. The van der Waals surface area contributed by atoms with Gasteiger partial charge in [0.15, 0.2) is 17.0 Å². The lowest BCUT2D eigenvalue weighted by molar-refractivity contribution is 1.12. The highest BCUT2D eigenvalue weighted by molar-refractivity contribution is 5.83. The molecule has 0 atom stereocenters. The predicted molar refractivity (Wildman–Crippen MR) is 51.3 cm³/mol. The molecule has 0 aliphatic rings. The summed E-state index contributed by atoms with van der Waals surface area (Å²) in [7, 11) is 1.80. The maximum Gasteiger partial charge on any atom is 0.169 e. The van der Waals surface area contributed by atoms with Gasteiger partial charge in [-0.2, -0.15) is 0 Å². The standard InChI is InChI=1S/C8H9N5/c1-3-13-5-12-6-7(9-2)10-4-11-8(6)13/h3-5H,1H2,2H3,(H,9,10,11). The van der Waals surface area contributed by atoms with Crippen LogP contribution in [-0.4, -0.2) is 26.6 Å². The van der Waals surface area contributed by atoms with E-state index < -0.39 is 0 Å². The average Bonchev–Trinajstić information content (AvgIpc) is 2.60. The van der Waals surface area contributed by atoms with E-state index in [1.54, 1.807) is 24.1 Å². The average molecular weight is 175 g/mol. The van der Waals surface area contributed by atoms with Crippen LogP contribution in [-0.2, 0) is 0 Å². The number of aromatic nitrogens is 4. The summed E-state index contributed by atoms with van der Waals surface area (Å²) in [6.45, 7) is 3.65. The van der Waals surface area contributed by atoms with E-state index in [1.165, 1.54) is 6.33 Å². The van der Waals surface area contributed by atoms with Crippen molar-refractivity contribution in [3.05, 3.63) is 19.2 Å². The van der Waals surface area contributed by atoms with Crippen LogP contribution < -0.4 is 5.32 Å². The highest BCUT2D eigenvalue weighted by atomic mass is 15.1. The van der Waals surface area contributed by atoms with E-state index in [1.807, 2.05) is 0 Å². The summed E-state index contributed by atoms with van der Waals surface area (Å²) in [6, 6.07) is 0. The van der Waals surface area contributed by atoms with Gasteiger partial charge in [-0.05, 0) is 0 Å².